The fourth-order valence-corrected chi connectivity index (χ4v) is 10.5. The highest BCUT2D eigenvalue weighted by atomic mass is 16.5. The number of rotatable bonds is 30. The molecule has 0 aromatic carbocycles. The summed E-state index contributed by atoms with van der Waals surface area (Å²) in [7, 11) is 6.16. The van der Waals surface area contributed by atoms with Gasteiger partial charge in [-0.3, -0.25) is 0 Å². The van der Waals surface area contributed by atoms with Gasteiger partial charge in [0.1, 0.15) is 0 Å². The van der Waals surface area contributed by atoms with Crippen molar-refractivity contribution in [1.29, 1.82) is 0 Å². The first-order chi connectivity index (χ1) is 29.9. The van der Waals surface area contributed by atoms with Crippen LogP contribution in [-0.2, 0) is 57.1 Å². The number of hydrogen-bond donors (Lipinski definition) is 0. The molecule has 0 heterocycles. The summed E-state index contributed by atoms with van der Waals surface area (Å²) in [4.78, 5) is 49.4. The molecule has 62 heavy (non-hydrogen) atoms. The summed E-state index contributed by atoms with van der Waals surface area (Å²) in [6.07, 6.45) is 19.3. The molecule has 352 valence electrons. The van der Waals surface area contributed by atoms with Crippen molar-refractivity contribution in [3.63, 3.8) is 0 Å². The quantitative estimate of drug-likeness (QED) is 0.0294. The highest BCUT2D eigenvalue weighted by Gasteiger charge is 2.44. The van der Waals surface area contributed by atoms with Crippen LogP contribution in [-0.4, -0.2) is 105 Å². The van der Waals surface area contributed by atoms with Crippen LogP contribution in [0, 0.1) is 47.3 Å². The molecule has 0 bridgehead atoms. The molecule has 0 N–H and O–H groups in total. The Morgan fingerprint density at radius 1 is 0.403 bits per heavy atom. The molecule has 0 amide bonds. The Bertz CT molecular complexity index is 1320. The minimum atomic E-state index is -0.393. The molecule has 4 atom stereocenters. The monoisotopic (exact) mass is 873 g/mol. The van der Waals surface area contributed by atoms with Gasteiger partial charge in [0.25, 0.3) is 0 Å². The van der Waals surface area contributed by atoms with Crippen molar-refractivity contribution < 1.29 is 57.1 Å². The largest absolute Gasteiger partial charge is 0.462 e. The summed E-state index contributed by atoms with van der Waals surface area (Å²) in [5.41, 5.74) is 1.33. The summed E-state index contributed by atoms with van der Waals surface area (Å²) in [5, 5.41) is 0. The maximum atomic E-state index is 12.5. The second kappa shape index (κ2) is 29.9. The molecule has 0 aromatic rings. The molecule has 3 saturated carbocycles. The lowest BCUT2D eigenvalue weighted by molar-refractivity contribution is -0.141. The van der Waals surface area contributed by atoms with Gasteiger partial charge < -0.3 is 37.9 Å². The Morgan fingerprint density at radius 3 is 0.919 bits per heavy atom. The fourth-order valence-electron chi connectivity index (χ4n) is 10.5. The lowest BCUT2D eigenvalue weighted by Crippen LogP contribution is -2.41. The minimum absolute atomic E-state index is 0.159. The predicted molar refractivity (Wildman–Crippen MR) is 239 cm³/mol. The third-order valence-electron chi connectivity index (χ3n) is 13.7. The van der Waals surface area contributed by atoms with E-state index in [1.54, 1.807) is 14.2 Å². The van der Waals surface area contributed by atoms with Crippen LogP contribution < -0.4 is 0 Å². The molecule has 12 nitrogen and oxygen atoms in total. The zero-order chi connectivity index (χ0) is 45.3. The maximum Gasteiger partial charge on any atom is 0.335 e. The van der Waals surface area contributed by atoms with Crippen molar-refractivity contribution in [2.45, 2.75) is 116 Å². The summed E-state index contributed by atoms with van der Waals surface area (Å²) >= 11 is 0. The van der Waals surface area contributed by atoms with Crippen LogP contribution in [0.2, 0.25) is 0 Å². The Hall–Kier alpha value is -3.32. The zero-order valence-electron chi connectivity index (χ0n) is 38.7. The lowest BCUT2D eigenvalue weighted by Gasteiger charge is -2.50. The van der Waals surface area contributed by atoms with Gasteiger partial charge in [0.15, 0.2) is 0 Å². The normalized spacial score (nSPS) is 25.0. The first-order valence-electron chi connectivity index (χ1n) is 23.3. The number of carbonyl (C=O) groups excluding carboxylic acids is 4. The van der Waals surface area contributed by atoms with Crippen LogP contribution in [0.5, 0.6) is 0 Å². The third kappa shape index (κ3) is 18.8. The van der Waals surface area contributed by atoms with Gasteiger partial charge in [-0.1, -0.05) is 52.0 Å². The van der Waals surface area contributed by atoms with Gasteiger partial charge in [0.2, 0.25) is 0 Å². The molecule has 3 rings (SSSR count). The van der Waals surface area contributed by atoms with Crippen molar-refractivity contribution >= 4 is 23.9 Å². The van der Waals surface area contributed by atoms with Gasteiger partial charge in [0.05, 0.1) is 75.1 Å². The molecule has 3 fully saturated rings. The molecular formula is C50H80O12. The van der Waals surface area contributed by atoms with E-state index in [9.17, 15) is 19.2 Å². The molecule has 12 heteroatoms. The highest BCUT2D eigenvalue weighted by Crippen LogP contribution is 2.53. The smallest absolute Gasteiger partial charge is 0.335 e. The van der Waals surface area contributed by atoms with E-state index in [2.05, 4.69) is 26.3 Å². The van der Waals surface area contributed by atoms with E-state index in [1.807, 2.05) is 0 Å². The van der Waals surface area contributed by atoms with Crippen molar-refractivity contribution in [1.82, 2.24) is 0 Å². The molecule has 0 radical (unpaired) electrons. The van der Waals surface area contributed by atoms with Crippen LogP contribution in [0.4, 0.5) is 0 Å². The molecule has 3 aliphatic carbocycles. The number of hydrogen-bond acceptors (Lipinski definition) is 12. The number of methoxy groups -OCH3 is 4. The highest BCUT2D eigenvalue weighted by molar-refractivity contribution is 5.89. The minimum Gasteiger partial charge on any atom is -0.462 e. The summed E-state index contributed by atoms with van der Waals surface area (Å²) in [6, 6.07) is 0. The fraction of sp³-hybridized carbons (Fsp3) is 0.760. The van der Waals surface area contributed by atoms with Gasteiger partial charge in [-0.25, -0.2) is 19.2 Å². The maximum absolute atomic E-state index is 12.5. The van der Waals surface area contributed by atoms with E-state index in [0.717, 1.165) is 51.4 Å². The van der Waals surface area contributed by atoms with Crippen LogP contribution >= 0.6 is 0 Å². The van der Waals surface area contributed by atoms with E-state index in [-0.39, 0.29) is 38.4 Å². The zero-order valence-corrected chi connectivity index (χ0v) is 38.7. The molecule has 3 aliphatic rings. The number of ether oxygens (including phenoxy) is 8. The van der Waals surface area contributed by atoms with Crippen LogP contribution in [0.25, 0.3) is 0 Å². The van der Waals surface area contributed by atoms with Gasteiger partial charge in [-0.2, -0.15) is 0 Å². The van der Waals surface area contributed by atoms with Crippen LogP contribution in [0.15, 0.2) is 48.6 Å². The Balaban J connectivity index is 1.68. The van der Waals surface area contributed by atoms with Gasteiger partial charge >= 0.3 is 23.9 Å². The van der Waals surface area contributed by atoms with E-state index < -0.39 is 11.9 Å². The van der Waals surface area contributed by atoms with Gasteiger partial charge in [0, 0.05) is 28.4 Å². The number of esters is 4. The van der Waals surface area contributed by atoms with E-state index in [1.165, 1.54) is 78.4 Å². The standard InChI is InChI=1S/C50H80O12/c1-35(31-55-5)47(51)59-25-9-13-39-17-21-41(22-18-39)45-29-44(16-12-28-62-50(54)38(4)34-58-8)46(30-43(45)15-11-27-61-49(53)37(3)33-57-7)42-23-19-40(20-24-42)14-10-26-60-48(52)36(2)32-56-6/h39-46H,1-4,9-34H2,5-8H3. The Kier molecular flexibility index (Phi) is 25.6. The summed E-state index contributed by atoms with van der Waals surface area (Å²) in [5.74, 6) is 3.18. The third-order valence-corrected chi connectivity index (χ3v) is 13.7. The number of carbonyl (C=O) groups is 4. The van der Waals surface area contributed by atoms with Gasteiger partial charge in [-0.05, 0) is 137 Å². The first kappa shape index (κ1) is 53.0. The van der Waals surface area contributed by atoms with Crippen molar-refractivity contribution in [2.24, 2.45) is 47.3 Å². The van der Waals surface area contributed by atoms with Crippen LogP contribution in [0.1, 0.15) is 116 Å². The second-order valence-corrected chi connectivity index (χ2v) is 18.1. The van der Waals surface area contributed by atoms with E-state index in [4.69, 9.17) is 37.9 Å². The van der Waals surface area contributed by atoms with E-state index in [0.29, 0.717) is 96.1 Å². The lowest BCUT2D eigenvalue weighted by atomic mass is 9.56. The van der Waals surface area contributed by atoms with Gasteiger partial charge in [-0.15, -0.1) is 0 Å². The topological polar surface area (TPSA) is 142 Å². The molecule has 0 spiro atoms. The predicted octanol–water partition coefficient (Wildman–Crippen LogP) is 8.96. The first-order valence-corrected chi connectivity index (χ1v) is 23.3. The van der Waals surface area contributed by atoms with Crippen LogP contribution in [0.3, 0.4) is 0 Å². The van der Waals surface area contributed by atoms with Crippen molar-refractivity contribution in [3.05, 3.63) is 48.6 Å². The van der Waals surface area contributed by atoms with Crippen molar-refractivity contribution in [2.75, 3.05) is 81.3 Å². The molecule has 0 aliphatic heterocycles. The Morgan fingerprint density at radius 2 is 0.661 bits per heavy atom. The Labute approximate surface area is 372 Å². The van der Waals surface area contributed by atoms with Crippen molar-refractivity contribution in [3.8, 4) is 0 Å². The molecule has 0 aromatic heterocycles. The second-order valence-electron chi connectivity index (χ2n) is 18.1. The molecular weight excluding hydrogens is 793 g/mol. The van der Waals surface area contributed by atoms with E-state index >= 15 is 0 Å². The SMILES string of the molecule is C=C(COC)C(=O)OCCCC1CCC(C2CC(CCCOC(=O)C(=C)COC)C(C3CCC(CCCOC(=O)C(=C)COC)CC3)CC2CCCOC(=O)C(=C)COC)CC1. The molecule has 4 unspecified atom stereocenters. The molecule has 0 saturated heterocycles. The summed E-state index contributed by atoms with van der Waals surface area (Å²) in [6.45, 7) is 17.3. The average Bonchev–Trinajstić information content (AvgIpc) is 3.27. The summed E-state index contributed by atoms with van der Waals surface area (Å²) < 4.78 is 42.3. The average molecular weight is 873 g/mol.